The fourth-order valence-corrected chi connectivity index (χ4v) is 11.5. The van der Waals surface area contributed by atoms with E-state index in [-0.39, 0.29) is 49.0 Å². The summed E-state index contributed by atoms with van der Waals surface area (Å²) in [5, 5.41) is 17.0. The van der Waals surface area contributed by atoms with Gasteiger partial charge in [-0.05, 0) is 123 Å². The Bertz CT molecular complexity index is 2610. The SMILES string of the molecule is C=CC(=O)N1C[C@H](C)[C@H](C(=O)N(C)C(C(=O)N[C@H]2Cc3cc(O)cc(c3)-c3ccc4c(c3)c(c(-c3ccccc3CN(C)C)n4CC)CC(C)(C)COC(=O)[C@@H]3CCCN(N3)C2=O)C2CCCC2)C1. The first-order valence-electron chi connectivity index (χ1n) is 24.9. The number of nitrogens with one attached hydrogen (secondary N) is 2. The normalized spacial score (nSPS) is 22.6. The molecule has 6 bridgehead atoms. The van der Waals surface area contributed by atoms with E-state index >= 15 is 0 Å². The number of likely N-dealkylation sites (tertiary alicyclic amines) is 1. The molecule has 1 saturated carbocycles. The van der Waals surface area contributed by atoms with Gasteiger partial charge in [-0.1, -0.05) is 76.6 Å². The summed E-state index contributed by atoms with van der Waals surface area (Å²) in [6, 6.07) is 17.4. The number of hydrogen-bond acceptors (Lipinski definition) is 9. The zero-order chi connectivity index (χ0) is 49.3. The molecule has 5 atom stereocenters. The van der Waals surface area contributed by atoms with E-state index in [1.165, 1.54) is 16.6 Å². The lowest BCUT2D eigenvalue weighted by Crippen LogP contribution is -2.62. The van der Waals surface area contributed by atoms with Crippen LogP contribution in [-0.4, -0.2) is 124 Å². The van der Waals surface area contributed by atoms with Crippen LogP contribution in [-0.2, 0) is 54.6 Å². The van der Waals surface area contributed by atoms with Crippen molar-refractivity contribution in [3.05, 3.63) is 90.0 Å². The highest BCUT2D eigenvalue weighted by molar-refractivity contribution is 5.96. The predicted molar refractivity (Wildman–Crippen MR) is 267 cm³/mol. The average Bonchev–Trinajstić information content (AvgIpc) is 4.07. The van der Waals surface area contributed by atoms with Crippen LogP contribution in [0.3, 0.4) is 0 Å². The fraction of sp³-hybridized carbons (Fsp3) is 0.509. The lowest BCUT2D eigenvalue weighted by molar-refractivity contribution is -0.155. The largest absolute Gasteiger partial charge is 0.508 e. The number of carbonyl (C=O) groups excluding carboxylic acids is 5. The third-order valence-electron chi connectivity index (χ3n) is 14.9. The van der Waals surface area contributed by atoms with Crippen LogP contribution in [0.1, 0.15) is 82.9 Å². The standard InChI is InChI=1S/C55H71N7O7/c1-9-48(64)60-30-34(3)44(32-60)52(66)59(8)49(36-16-11-12-17-36)51(65)56-46-26-35-24-39(27-40(63)25-35)37-21-22-47-42(28-37)43(50(61(47)10-2)41-19-14-13-18-38(41)31-58(6)7)29-55(4,5)33-69-54(68)45-20-15-23-62(57-45)53(46)67/h9,13-14,18-19,21-22,24-25,27-28,34,36,44-46,49,57,63H,1,10-12,15-17,20,23,26,29-33H2,2-8H3,(H,56,65)/t34-,44+,45-,46-,49?/m0/s1. The number of aromatic hydroxyl groups is 1. The van der Waals surface area contributed by atoms with Gasteiger partial charge in [0.05, 0.1) is 18.2 Å². The number of ether oxygens (including phenoxy) is 1. The summed E-state index contributed by atoms with van der Waals surface area (Å²) in [5.41, 5.74) is 10.6. The van der Waals surface area contributed by atoms with Gasteiger partial charge in [0.2, 0.25) is 17.7 Å². The number of aryl methyl sites for hydroxylation is 1. The summed E-state index contributed by atoms with van der Waals surface area (Å²) in [7, 11) is 5.80. The molecule has 1 unspecified atom stereocenters. The van der Waals surface area contributed by atoms with E-state index in [2.05, 4.69) is 104 Å². The molecule has 8 rings (SSSR count). The summed E-state index contributed by atoms with van der Waals surface area (Å²) in [4.78, 5) is 76.2. The summed E-state index contributed by atoms with van der Waals surface area (Å²) in [5.74, 6) is -2.53. The first-order chi connectivity index (χ1) is 33.0. The number of rotatable bonds is 10. The first kappa shape index (κ1) is 49.4. The number of esters is 1. The third-order valence-corrected chi connectivity index (χ3v) is 14.9. The van der Waals surface area contributed by atoms with Crippen LogP contribution < -0.4 is 10.7 Å². The number of cyclic esters (lactones) is 1. The molecular weight excluding hydrogens is 871 g/mol. The molecule has 14 nitrogen and oxygen atoms in total. The number of likely N-dealkylation sites (N-methyl/N-ethyl adjacent to an activating group) is 1. The van der Waals surface area contributed by atoms with Crippen molar-refractivity contribution in [3.63, 3.8) is 0 Å². The minimum Gasteiger partial charge on any atom is -0.508 e. The van der Waals surface area contributed by atoms with E-state index in [4.69, 9.17) is 4.74 Å². The van der Waals surface area contributed by atoms with Crippen LogP contribution >= 0.6 is 0 Å². The molecule has 1 aromatic heterocycles. The third kappa shape index (κ3) is 10.5. The number of amides is 4. The second-order valence-corrected chi connectivity index (χ2v) is 21.1. The maximum atomic E-state index is 14.9. The number of nitrogens with zero attached hydrogens (tertiary/aromatic N) is 5. The molecule has 3 aromatic carbocycles. The number of benzene rings is 3. The summed E-state index contributed by atoms with van der Waals surface area (Å²) < 4.78 is 8.54. The van der Waals surface area contributed by atoms with E-state index in [0.29, 0.717) is 37.9 Å². The second kappa shape index (κ2) is 20.5. The molecule has 368 valence electrons. The van der Waals surface area contributed by atoms with E-state index in [1.54, 1.807) is 29.0 Å². The zero-order valence-corrected chi connectivity index (χ0v) is 41.6. The molecule has 4 heterocycles. The molecule has 69 heavy (non-hydrogen) atoms. The monoisotopic (exact) mass is 942 g/mol. The van der Waals surface area contributed by atoms with E-state index in [1.807, 2.05) is 13.0 Å². The summed E-state index contributed by atoms with van der Waals surface area (Å²) in [6.45, 7) is 14.5. The molecule has 4 aliphatic rings. The average molecular weight is 942 g/mol. The van der Waals surface area contributed by atoms with Crippen molar-refractivity contribution >= 4 is 40.5 Å². The van der Waals surface area contributed by atoms with E-state index in [0.717, 1.165) is 77.6 Å². The minimum atomic E-state index is -1.14. The van der Waals surface area contributed by atoms with Crippen molar-refractivity contribution in [3.8, 4) is 28.1 Å². The van der Waals surface area contributed by atoms with Gasteiger partial charge in [0.1, 0.15) is 23.9 Å². The molecule has 0 radical (unpaired) electrons. The number of aromatic nitrogens is 1. The Morgan fingerprint density at radius 3 is 2.46 bits per heavy atom. The van der Waals surface area contributed by atoms with Crippen LogP contribution in [0.15, 0.2) is 73.3 Å². The highest BCUT2D eigenvalue weighted by Gasteiger charge is 2.44. The van der Waals surface area contributed by atoms with Gasteiger partial charge in [-0.2, -0.15) is 0 Å². The Labute approximate surface area is 407 Å². The molecule has 4 aromatic rings. The molecule has 2 saturated heterocycles. The van der Waals surface area contributed by atoms with Gasteiger partial charge in [-0.15, -0.1) is 0 Å². The van der Waals surface area contributed by atoms with Crippen LogP contribution in [0.25, 0.3) is 33.3 Å². The van der Waals surface area contributed by atoms with Gasteiger partial charge in [0, 0.05) is 68.1 Å². The van der Waals surface area contributed by atoms with Crippen molar-refractivity contribution in [1.29, 1.82) is 0 Å². The molecular formula is C55H71N7O7. The summed E-state index contributed by atoms with van der Waals surface area (Å²) >= 11 is 0. The number of phenols is 1. The lowest BCUT2D eigenvalue weighted by Gasteiger charge is -2.37. The van der Waals surface area contributed by atoms with Gasteiger partial charge in [0.25, 0.3) is 5.91 Å². The Balaban J connectivity index is 1.20. The van der Waals surface area contributed by atoms with Gasteiger partial charge in [0.15, 0.2) is 0 Å². The summed E-state index contributed by atoms with van der Waals surface area (Å²) in [6.07, 6.45) is 6.19. The molecule has 1 aliphatic carbocycles. The number of carbonyl (C=O) groups is 5. The topological polar surface area (TPSA) is 157 Å². The van der Waals surface area contributed by atoms with Crippen molar-refractivity contribution < 1.29 is 33.8 Å². The number of hydrogen-bond donors (Lipinski definition) is 3. The number of hydrazine groups is 1. The van der Waals surface area contributed by atoms with Crippen molar-refractivity contribution in [2.75, 3.05) is 47.4 Å². The van der Waals surface area contributed by atoms with E-state index < -0.39 is 47.2 Å². The van der Waals surface area contributed by atoms with Crippen molar-refractivity contribution in [2.45, 2.75) is 110 Å². The predicted octanol–water partition coefficient (Wildman–Crippen LogP) is 6.71. The highest BCUT2D eigenvalue weighted by atomic mass is 16.5. The molecule has 3 aliphatic heterocycles. The minimum absolute atomic E-state index is 0.0167. The van der Waals surface area contributed by atoms with E-state index in [9.17, 15) is 29.1 Å². The van der Waals surface area contributed by atoms with Gasteiger partial charge in [-0.3, -0.25) is 29.0 Å². The van der Waals surface area contributed by atoms with Gasteiger partial charge < -0.3 is 34.4 Å². The van der Waals surface area contributed by atoms with Crippen LogP contribution in [0.2, 0.25) is 0 Å². The van der Waals surface area contributed by atoms with Crippen LogP contribution in [0.5, 0.6) is 5.75 Å². The molecule has 0 spiro atoms. The molecule has 4 amide bonds. The maximum Gasteiger partial charge on any atom is 0.324 e. The quantitative estimate of drug-likeness (QED) is 0.116. The van der Waals surface area contributed by atoms with Crippen LogP contribution in [0.4, 0.5) is 0 Å². The number of fused-ring (bicyclic) bond motifs is 6. The smallest absolute Gasteiger partial charge is 0.324 e. The lowest BCUT2D eigenvalue weighted by atomic mass is 9.84. The van der Waals surface area contributed by atoms with Crippen LogP contribution in [0, 0.1) is 23.2 Å². The molecule has 3 N–H and O–H groups in total. The second-order valence-electron chi connectivity index (χ2n) is 21.1. The first-order valence-corrected chi connectivity index (χ1v) is 24.9. The van der Waals surface area contributed by atoms with Crippen molar-refractivity contribution in [1.82, 2.24) is 35.0 Å². The molecule has 3 fully saturated rings. The fourth-order valence-electron chi connectivity index (χ4n) is 11.5. The number of phenolic OH excluding ortho intramolecular Hbond substituents is 1. The van der Waals surface area contributed by atoms with Gasteiger partial charge in [-0.25, -0.2) is 5.43 Å². The maximum absolute atomic E-state index is 14.9. The van der Waals surface area contributed by atoms with Crippen molar-refractivity contribution in [2.24, 2.45) is 23.2 Å². The Hall–Kier alpha value is -5.99. The Morgan fingerprint density at radius 1 is 0.986 bits per heavy atom. The Kier molecular flexibility index (Phi) is 14.7. The zero-order valence-electron chi connectivity index (χ0n) is 41.6. The Morgan fingerprint density at radius 2 is 1.74 bits per heavy atom. The highest BCUT2D eigenvalue weighted by Crippen LogP contribution is 2.42. The van der Waals surface area contributed by atoms with Gasteiger partial charge >= 0.3 is 5.97 Å². The molecule has 14 heteroatoms.